The molecule has 0 aliphatic heterocycles. The highest BCUT2D eigenvalue weighted by Gasteiger charge is 2.06. The van der Waals surface area contributed by atoms with Gasteiger partial charge in [0.15, 0.2) is 0 Å². The van der Waals surface area contributed by atoms with Crippen LogP contribution in [0.4, 0.5) is 10.5 Å². The van der Waals surface area contributed by atoms with Crippen molar-refractivity contribution in [2.24, 2.45) is 11.1 Å². The highest BCUT2D eigenvalue weighted by atomic mass is 35.5. The maximum atomic E-state index is 11.4. The van der Waals surface area contributed by atoms with Crippen molar-refractivity contribution >= 4 is 28.6 Å². The van der Waals surface area contributed by atoms with E-state index in [4.69, 9.17) is 11.6 Å². The van der Waals surface area contributed by atoms with E-state index in [2.05, 4.69) is 15.3 Å². The van der Waals surface area contributed by atoms with E-state index in [9.17, 15) is 4.79 Å². The molecule has 0 radical (unpaired) electrons. The van der Waals surface area contributed by atoms with Gasteiger partial charge in [0.2, 0.25) is 0 Å². The molecule has 0 aromatic heterocycles. The van der Waals surface area contributed by atoms with Gasteiger partial charge in [0.1, 0.15) is 5.17 Å². The Labute approximate surface area is 106 Å². The molecular formula is C12H15ClN2O2. The second-order valence-electron chi connectivity index (χ2n) is 3.94. The van der Waals surface area contributed by atoms with Crippen molar-refractivity contribution in [1.82, 2.24) is 0 Å². The summed E-state index contributed by atoms with van der Waals surface area (Å²) < 4.78 is 0. The van der Waals surface area contributed by atoms with Crippen LogP contribution in [0.5, 0.6) is 0 Å². The Morgan fingerprint density at radius 2 is 2.18 bits per heavy atom. The third-order valence-corrected chi connectivity index (χ3v) is 2.46. The quantitative estimate of drug-likeness (QED) is 0.507. The summed E-state index contributed by atoms with van der Waals surface area (Å²) in [5, 5.41) is 6.32. The highest BCUT2D eigenvalue weighted by molar-refractivity contribution is 6.65. The van der Waals surface area contributed by atoms with Gasteiger partial charge in [-0.2, -0.15) is 0 Å². The number of rotatable bonds is 3. The Hall–Kier alpha value is -1.55. The molecule has 0 saturated heterocycles. The Morgan fingerprint density at radius 3 is 2.76 bits per heavy atom. The molecule has 0 saturated carbocycles. The Bertz CT molecular complexity index is 430. The number of oxime groups is 1. The van der Waals surface area contributed by atoms with E-state index in [1.54, 1.807) is 6.07 Å². The van der Waals surface area contributed by atoms with Gasteiger partial charge in [0.25, 0.3) is 0 Å². The molecule has 4 nitrogen and oxygen atoms in total. The number of halogens is 1. The largest absolute Gasteiger partial charge is 0.437 e. The summed E-state index contributed by atoms with van der Waals surface area (Å²) in [6.45, 7) is 5.64. The van der Waals surface area contributed by atoms with Crippen LogP contribution in [-0.2, 0) is 4.84 Å². The fourth-order valence-electron chi connectivity index (χ4n) is 1.05. The zero-order chi connectivity index (χ0) is 12.8. The van der Waals surface area contributed by atoms with Crippen LogP contribution in [-0.4, -0.2) is 11.3 Å². The number of nitrogens with one attached hydrogen (secondary N) is 1. The van der Waals surface area contributed by atoms with Gasteiger partial charge in [-0.05, 0) is 24.6 Å². The van der Waals surface area contributed by atoms with Gasteiger partial charge in [-0.1, -0.05) is 42.7 Å². The summed E-state index contributed by atoms with van der Waals surface area (Å²) in [6, 6.07) is 7.37. The van der Waals surface area contributed by atoms with Crippen LogP contribution in [0.25, 0.3) is 0 Å². The van der Waals surface area contributed by atoms with Crippen LogP contribution in [0.15, 0.2) is 29.4 Å². The highest BCUT2D eigenvalue weighted by Crippen LogP contribution is 2.10. The van der Waals surface area contributed by atoms with E-state index in [0.717, 1.165) is 5.56 Å². The molecule has 5 heteroatoms. The molecule has 0 spiro atoms. The second kappa shape index (κ2) is 6.25. The van der Waals surface area contributed by atoms with Crippen LogP contribution in [0.3, 0.4) is 0 Å². The minimum Gasteiger partial charge on any atom is -0.297 e. The monoisotopic (exact) mass is 254 g/mol. The minimum absolute atomic E-state index is 0.0310. The summed E-state index contributed by atoms with van der Waals surface area (Å²) in [5.74, 6) is 0.0310. The fraction of sp³-hybridized carbons (Fsp3) is 0.333. The molecule has 0 fully saturated rings. The van der Waals surface area contributed by atoms with Gasteiger partial charge in [-0.15, -0.1) is 0 Å². The summed E-state index contributed by atoms with van der Waals surface area (Å²) in [5.41, 5.74) is 1.71. The van der Waals surface area contributed by atoms with Crippen LogP contribution in [0, 0.1) is 12.8 Å². The van der Waals surface area contributed by atoms with Gasteiger partial charge in [0, 0.05) is 11.6 Å². The molecule has 0 bridgehead atoms. The van der Waals surface area contributed by atoms with Gasteiger partial charge in [-0.25, -0.2) is 4.79 Å². The van der Waals surface area contributed by atoms with Crippen LogP contribution < -0.4 is 5.32 Å². The Balaban J connectivity index is 2.53. The standard InChI is InChI=1S/C12H15ClN2O2/c1-8(2)11(13)15-17-12(16)14-10-6-4-5-9(3)7-10/h4-8H,1-3H3,(H,14,16)/b15-11+. The molecule has 0 aliphatic rings. The summed E-state index contributed by atoms with van der Waals surface area (Å²) in [4.78, 5) is 16.0. The summed E-state index contributed by atoms with van der Waals surface area (Å²) in [7, 11) is 0. The first-order valence-corrected chi connectivity index (χ1v) is 5.65. The summed E-state index contributed by atoms with van der Waals surface area (Å²) >= 11 is 5.73. The first-order chi connectivity index (χ1) is 7.99. The molecule has 0 unspecified atom stereocenters. The molecular weight excluding hydrogens is 240 g/mol. The van der Waals surface area contributed by atoms with Gasteiger partial charge in [-0.3, -0.25) is 10.2 Å². The molecule has 1 amide bonds. The summed E-state index contributed by atoms with van der Waals surface area (Å²) in [6.07, 6.45) is -0.658. The lowest BCUT2D eigenvalue weighted by atomic mass is 10.2. The van der Waals surface area contributed by atoms with Crippen LogP contribution >= 0.6 is 11.6 Å². The lowest BCUT2D eigenvalue weighted by Crippen LogP contribution is -2.12. The van der Waals surface area contributed by atoms with Gasteiger partial charge >= 0.3 is 6.09 Å². The second-order valence-corrected chi connectivity index (χ2v) is 4.33. The molecule has 0 aliphatic carbocycles. The van der Waals surface area contributed by atoms with E-state index in [0.29, 0.717) is 5.69 Å². The lowest BCUT2D eigenvalue weighted by Gasteiger charge is -2.04. The van der Waals surface area contributed by atoms with Crippen molar-refractivity contribution in [3.05, 3.63) is 29.8 Å². The number of hydrogen-bond donors (Lipinski definition) is 1. The maximum Gasteiger partial charge on any atom is 0.437 e. The predicted molar refractivity (Wildman–Crippen MR) is 69.4 cm³/mol. The number of aryl methyl sites for hydroxylation is 1. The normalized spacial score (nSPS) is 11.5. The number of anilines is 1. The first kappa shape index (κ1) is 13.5. The number of carbonyl (C=O) groups is 1. The molecule has 1 aromatic carbocycles. The van der Waals surface area contributed by atoms with Crippen molar-refractivity contribution in [2.75, 3.05) is 5.32 Å². The number of benzene rings is 1. The zero-order valence-corrected chi connectivity index (χ0v) is 10.8. The lowest BCUT2D eigenvalue weighted by molar-refractivity contribution is 0.166. The Morgan fingerprint density at radius 1 is 1.47 bits per heavy atom. The van der Waals surface area contributed by atoms with Crippen molar-refractivity contribution in [2.45, 2.75) is 20.8 Å². The van der Waals surface area contributed by atoms with Crippen LogP contribution in [0.1, 0.15) is 19.4 Å². The van der Waals surface area contributed by atoms with Gasteiger partial charge < -0.3 is 0 Å². The molecule has 1 N–H and O–H groups in total. The Kier molecular flexibility index (Phi) is 4.97. The van der Waals surface area contributed by atoms with E-state index < -0.39 is 6.09 Å². The topological polar surface area (TPSA) is 50.7 Å². The average molecular weight is 255 g/mol. The van der Waals surface area contributed by atoms with Gasteiger partial charge in [0.05, 0.1) is 0 Å². The minimum atomic E-state index is -0.658. The smallest absolute Gasteiger partial charge is 0.297 e. The van der Waals surface area contributed by atoms with E-state index in [1.807, 2.05) is 39.0 Å². The van der Waals surface area contributed by atoms with E-state index in [-0.39, 0.29) is 11.1 Å². The number of nitrogens with zero attached hydrogens (tertiary/aromatic N) is 1. The zero-order valence-electron chi connectivity index (χ0n) is 10.0. The van der Waals surface area contributed by atoms with Crippen molar-refractivity contribution < 1.29 is 9.63 Å². The van der Waals surface area contributed by atoms with Crippen molar-refractivity contribution in [3.63, 3.8) is 0 Å². The molecule has 1 aromatic rings. The molecule has 17 heavy (non-hydrogen) atoms. The molecule has 92 valence electrons. The third-order valence-electron chi connectivity index (χ3n) is 1.96. The molecule has 0 atom stereocenters. The van der Waals surface area contributed by atoms with E-state index >= 15 is 0 Å². The maximum absolute atomic E-state index is 11.4. The average Bonchev–Trinajstić information content (AvgIpc) is 2.25. The third kappa shape index (κ3) is 4.87. The molecule has 1 rings (SSSR count). The number of amides is 1. The van der Waals surface area contributed by atoms with Crippen LogP contribution in [0.2, 0.25) is 0 Å². The predicted octanol–water partition coefficient (Wildman–Crippen LogP) is 3.75. The van der Waals surface area contributed by atoms with Crippen molar-refractivity contribution in [3.8, 4) is 0 Å². The SMILES string of the molecule is Cc1cccc(NC(=O)O/N=C(/Cl)C(C)C)c1. The number of hydrogen-bond acceptors (Lipinski definition) is 3. The number of carbonyl (C=O) groups excluding carboxylic acids is 1. The van der Waals surface area contributed by atoms with Crippen molar-refractivity contribution in [1.29, 1.82) is 0 Å². The van der Waals surface area contributed by atoms with E-state index in [1.165, 1.54) is 0 Å². The fourth-order valence-corrected chi connectivity index (χ4v) is 1.09. The molecule has 0 heterocycles. The first-order valence-electron chi connectivity index (χ1n) is 5.27.